The van der Waals surface area contributed by atoms with E-state index in [1.807, 2.05) is 25.1 Å². The highest BCUT2D eigenvalue weighted by Gasteiger charge is 2.21. The van der Waals surface area contributed by atoms with Gasteiger partial charge in [-0.3, -0.25) is 9.79 Å². The normalized spacial score (nSPS) is 15.0. The molecule has 1 fully saturated rings. The van der Waals surface area contributed by atoms with E-state index < -0.39 is 0 Å². The second-order valence-electron chi connectivity index (χ2n) is 6.05. The summed E-state index contributed by atoms with van der Waals surface area (Å²) < 4.78 is 1.79. The number of aromatic hydroxyl groups is 1. The van der Waals surface area contributed by atoms with Gasteiger partial charge in [-0.1, -0.05) is 25.5 Å². The van der Waals surface area contributed by atoms with Crippen molar-refractivity contribution in [1.82, 2.24) is 4.57 Å². The summed E-state index contributed by atoms with van der Waals surface area (Å²) in [5, 5.41) is 11.3. The third-order valence-corrected chi connectivity index (χ3v) is 4.19. The van der Waals surface area contributed by atoms with Crippen LogP contribution in [-0.4, -0.2) is 21.9 Å². The highest BCUT2D eigenvalue weighted by Crippen LogP contribution is 2.29. The average Bonchev–Trinajstić information content (AvgIpc) is 3.32. The number of nitrogens with zero attached hydrogens (tertiary/aromatic N) is 2. The largest absolute Gasteiger partial charge is 0.506 e. The summed E-state index contributed by atoms with van der Waals surface area (Å²) in [5.74, 6) is 0.0563. The van der Waals surface area contributed by atoms with Gasteiger partial charge in [0.2, 0.25) is 0 Å². The second kappa shape index (κ2) is 5.95. The Balaban J connectivity index is 2.25. The first-order chi connectivity index (χ1) is 10.6. The van der Waals surface area contributed by atoms with E-state index in [-0.39, 0.29) is 11.3 Å². The highest BCUT2D eigenvalue weighted by atomic mass is 16.3. The van der Waals surface area contributed by atoms with Gasteiger partial charge < -0.3 is 9.67 Å². The van der Waals surface area contributed by atoms with Gasteiger partial charge in [0.15, 0.2) is 0 Å². The van der Waals surface area contributed by atoms with E-state index >= 15 is 0 Å². The van der Waals surface area contributed by atoms with Gasteiger partial charge in [0, 0.05) is 18.1 Å². The Hall–Kier alpha value is -2.10. The standard InChI is InChI=1S/C18H22N2O2/c1-3-4-10-20-16-12(2)6-5-7-14(16)17(21)15(18(20)22)11-19-13-8-9-13/h5-7,11,13,21H,3-4,8-10H2,1-2H3. The maximum absolute atomic E-state index is 12.8. The first-order valence-electron chi connectivity index (χ1n) is 8.01. The fraction of sp³-hybridized carbons (Fsp3) is 0.444. The SMILES string of the molecule is CCCCn1c(=O)c(C=NC2CC2)c(O)c2cccc(C)c21. The first-order valence-corrected chi connectivity index (χ1v) is 8.01. The van der Waals surface area contributed by atoms with E-state index in [9.17, 15) is 9.90 Å². The summed E-state index contributed by atoms with van der Waals surface area (Å²) in [5.41, 5.74) is 2.02. The number of unbranched alkanes of at least 4 members (excludes halogenated alkanes) is 1. The fourth-order valence-electron chi connectivity index (χ4n) is 2.75. The molecular weight excluding hydrogens is 276 g/mol. The van der Waals surface area contributed by atoms with Crippen LogP contribution in [0.5, 0.6) is 5.75 Å². The Morgan fingerprint density at radius 1 is 1.41 bits per heavy atom. The molecule has 1 saturated carbocycles. The summed E-state index contributed by atoms with van der Waals surface area (Å²) in [7, 11) is 0. The summed E-state index contributed by atoms with van der Waals surface area (Å²) in [6, 6.07) is 6.08. The number of aryl methyl sites for hydroxylation is 2. The number of hydrogen-bond acceptors (Lipinski definition) is 3. The molecule has 1 aliphatic carbocycles. The zero-order valence-electron chi connectivity index (χ0n) is 13.2. The van der Waals surface area contributed by atoms with Crippen LogP contribution >= 0.6 is 0 Å². The molecule has 0 saturated heterocycles. The van der Waals surface area contributed by atoms with E-state index in [0.29, 0.717) is 18.2 Å². The lowest BCUT2D eigenvalue weighted by atomic mass is 10.1. The number of pyridine rings is 1. The van der Waals surface area contributed by atoms with Crippen LogP contribution in [0.25, 0.3) is 10.9 Å². The second-order valence-corrected chi connectivity index (χ2v) is 6.05. The van der Waals surface area contributed by atoms with Crippen molar-refractivity contribution in [3.63, 3.8) is 0 Å². The lowest BCUT2D eigenvalue weighted by Gasteiger charge is -2.15. The van der Waals surface area contributed by atoms with Gasteiger partial charge in [-0.05, 0) is 37.8 Å². The number of rotatable bonds is 5. The number of hydrogen-bond donors (Lipinski definition) is 1. The van der Waals surface area contributed by atoms with Crippen molar-refractivity contribution in [2.24, 2.45) is 4.99 Å². The fourth-order valence-corrected chi connectivity index (χ4v) is 2.75. The molecule has 1 aliphatic rings. The molecule has 4 nitrogen and oxygen atoms in total. The third-order valence-electron chi connectivity index (χ3n) is 4.19. The van der Waals surface area contributed by atoms with Gasteiger partial charge >= 0.3 is 0 Å². The Bertz CT molecular complexity index is 786. The van der Waals surface area contributed by atoms with E-state index in [1.54, 1.807) is 10.8 Å². The van der Waals surface area contributed by atoms with E-state index in [4.69, 9.17) is 0 Å². The smallest absolute Gasteiger partial charge is 0.263 e. The lowest BCUT2D eigenvalue weighted by molar-refractivity contribution is 0.477. The van der Waals surface area contributed by atoms with Crippen LogP contribution in [0.4, 0.5) is 0 Å². The summed E-state index contributed by atoms with van der Waals surface area (Å²) >= 11 is 0. The average molecular weight is 298 g/mol. The lowest BCUT2D eigenvalue weighted by Crippen LogP contribution is -2.25. The summed E-state index contributed by atoms with van der Waals surface area (Å²) in [6.45, 7) is 4.75. The molecule has 0 atom stereocenters. The molecule has 1 heterocycles. The molecule has 2 aromatic rings. The quantitative estimate of drug-likeness (QED) is 0.860. The molecule has 0 aliphatic heterocycles. The Morgan fingerprint density at radius 3 is 2.86 bits per heavy atom. The minimum Gasteiger partial charge on any atom is -0.506 e. The van der Waals surface area contributed by atoms with Crippen molar-refractivity contribution in [1.29, 1.82) is 0 Å². The maximum Gasteiger partial charge on any atom is 0.263 e. The predicted molar refractivity (Wildman–Crippen MR) is 90.1 cm³/mol. The zero-order chi connectivity index (χ0) is 15.7. The van der Waals surface area contributed by atoms with E-state index in [0.717, 1.165) is 42.1 Å². The van der Waals surface area contributed by atoms with E-state index in [1.165, 1.54) is 0 Å². The Kier molecular flexibility index (Phi) is 4.01. The van der Waals surface area contributed by atoms with Gasteiger partial charge in [0.25, 0.3) is 5.56 Å². The van der Waals surface area contributed by atoms with Crippen LogP contribution in [0.15, 0.2) is 28.0 Å². The van der Waals surface area contributed by atoms with Gasteiger partial charge in [0.1, 0.15) is 11.3 Å². The maximum atomic E-state index is 12.8. The molecule has 4 heteroatoms. The van der Waals surface area contributed by atoms with Crippen molar-refractivity contribution < 1.29 is 5.11 Å². The Labute approximate surface area is 130 Å². The Morgan fingerprint density at radius 2 is 2.18 bits per heavy atom. The molecule has 0 radical (unpaired) electrons. The van der Waals surface area contributed by atoms with Crippen molar-refractivity contribution >= 4 is 17.1 Å². The number of aliphatic imine (C=N–C) groups is 1. The number of para-hydroxylation sites is 1. The number of aromatic nitrogens is 1. The van der Waals surface area contributed by atoms with Crippen molar-refractivity contribution in [3.05, 3.63) is 39.7 Å². The van der Waals surface area contributed by atoms with Crippen molar-refractivity contribution in [3.8, 4) is 5.75 Å². The monoisotopic (exact) mass is 298 g/mol. The summed E-state index contributed by atoms with van der Waals surface area (Å²) in [6.07, 6.45) is 5.68. The predicted octanol–water partition coefficient (Wildman–Crippen LogP) is 3.40. The molecule has 1 N–H and O–H groups in total. The van der Waals surface area contributed by atoms with Gasteiger partial charge in [0.05, 0.1) is 11.6 Å². The number of fused-ring (bicyclic) bond motifs is 1. The van der Waals surface area contributed by atoms with Gasteiger partial charge in [-0.15, -0.1) is 0 Å². The third kappa shape index (κ3) is 2.65. The minimum absolute atomic E-state index is 0.0563. The summed E-state index contributed by atoms with van der Waals surface area (Å²) in [4.78, 5) is 17.2. The molecule has 0 spiro atoms. The topological polar surface area (TPSA) is 54.6 Å². The molecule has 0 amide bonds. The van der Waals surface area contributed by atoms with Crippen LogP contribution in [-0.2, 0) is 6.54 Å². The van der Waals surface area contributed by atoms with Crippen LogP contribution in [0, 0.1) is 6.92 Å². The van der Waals surface area contributed by atoms with Crippen LogP contribution in [0.3, 0.4) is 0 Å². The van der Waals surface area contributed by atoms with E-state index in [2.05, 4.69) is 11.9 Å². The molecular formula is C18H22N2O2. The molecule has 22 heavy (non-hydrogen) atoms. The molecule has 3 rings (SSSR count). The van der Waals surface area contributed by atoms with Gasteiger partial charge in [-0.25, -0.2) is 0 Å². The molecule has 1 aromatic carbocycles. The molecule has 0 bridgehead atoms. The molecule has 116 valence electrons. The number of benzene rings is 1. The van der Waals surface area contributed by atoms with Crippen LogP contribution < -0.4 is 5.56 Å². The molecule has 0 unspecified atom stereocenters. The van der Waals surface area contributed by atoms with Crippen LogP contribution in [0.2, 0.25) is 0 Å². The highest BCUT2D eigenvalue weighted by molar-refractivity contribution is 5.96. The van der Waals surface area contributed by atoms with Crippen LogP contribution in [0.1, 0.15) is 43.7 Å². The first kappa shape index (κ1) is 14.8. The van der Waals surface area contributed by atoms with Crippen molar-refractivity contribution in [2.75, 3.05) is 0 Å². The van der Waals surface area contributed by atoms with Gasteiger partial charge in [-0.2, -0.15) is 0 Å². The molecule has 1 aromatic heterocycles. The zero-order valence-corrected chi connectivity index (χ0v) is 13.2. The minimum atomic E-state index is -0.142. The van der Waals surface area contributed by atoms with Crippen molar-refractivity contribution in [2.45, 2.75) is 52.1 Å².